The molecule has 0 saturated carbocycles. The summed E-state index contributed by atoms with van der Waals surface area (Å²) < 4.78 is 65.9. The Labute approximate surface area is 217 Å². The van der Waals surface area contributed by atoms with Crippen molar-refractivity contribution in [1.82, 2.24) is 19.9 Å². The molecule has 3 N–H and O–H groups in total. The summed E-state index contributed by atoms with van der Waals surface area (Å²) in [6.45, 7) is 5.78. The summed E-state index contributed by atoms with van der Waals surface area (Å²) in [5.74, 6) is -3.48. The molecule has 4 heterocycles. The van der Waals surface area contributed by atoms with Gasteiger partial charge in [0, 0.05) is 30.7 Å². The van der Waals surface area contributed by atoms with E-state index in [0.717, 1.165) is 10.6 Å². The monoisotopic (exact) mass is 552 g/mol. The molecular formula is C25H24F4N4O4S. The van der Waals surface area contributed by atoms with Crippen molar-refractivity contribution in [2.45, 2.75) is 39.4 Å². The number of H-pyrrole nitrogens is 1. The molecule has 1 amide bonds. The molecule has 4 aromatic heterocycles. The highest BCUT2D eigenvalue weighted by atomic mass is 32.1. The van der Waals surface area contributed by atoms with Crippen LogP contribution in [-0.2, 0) is 18.8 Å². The number of rotatable bonds is 7. The number of pyridine rings is 2. The Morgan fingerprint density at radius 3 is 2.58 bits per heavy atom. The molecule has 13 heteroatoms. The Morgan fingerprint density at radius 1 is 1.29 bits per heavy atom. The third kappa shape index (κ3) is 4.78. The largest absolute Gasteiger partial charge is 0.444 e. The predicted molar refractivity (Wildman–Crippen MR) is 134 cm³/mol. The van der Waals surface area contributed by atoms with E-state index in [-0.39, 0.29) is 37.5 Å². The number of fused-ring (bicyclic) bond motifs is 1. The molecule has 0 atom stereocenters. The Kier molecular flexibility index (Phi) is 6.87. The first-order valence-corrected chi connectivity index (χ1v) is 12.2. The van der Waals surface area contributed by atoms with Gasteiger partial charge in [0.25, 0.3) is 11.5 Å². The molecule has 4 aromatic rings. The van der Waals surface area contributed by atoms with E-state index in [0.29, 0.717) is 24.1 Å². The van der Waals surface area contributed by atoms with Gasteiger partial charge in [-0.15, -0.1) is 11.3 Å². The number of aromatic amines is 1. The molecule has 0 aliphatic carbocycles. The van der Waals surface area contributed by atoms with Crippen LogP contribution in [0.3, 0.4) is 0 Å². The van der Waals surface area contributed by atoms with Crippen LogP contribution in [0.4, 0.5) is 17.6 Å². The lowest BCUT2D eigenvalue weighted by Crippen LogP contribution is -2.25. The van der Waals surface area contributed by atoms with Gasteiger partial charge in [0.15, 0.2) is 17.3 Å². The van der Waals surface area contributed by atoms with Crippen LogP contribution in [0, 0.1) is 18.6 Å². The van der Waals surface area contributed by atoms with E-state index in [9.17, 15) is 19.1 Å². The summed E-state index contributed by atoms with van der Waals surface area (Å²) in [4.78, 5) is 30.9. The lowest BCUT2D eigenvalue weighted by atomic mass is 10.1. The van der Waals surface area contributed by atoms with Gasteiger partial charge in [-0.3, -0.25) is 9.59 Å². The van der Waals surface area contributed by atoms with Gasteiger partial charge >= 0.3 is 6.11 Å². The number of amides is 1. The first kappa shape index (κ1) is 27.3. The topological polar surface area (TPSA) is 109 Å². The highest BCUT2D eigenvalue weighted by Crippen LogP contribution is 2.49. The number of nitrogens with one attached hydrogen (secondary N) is 2. The summed E-state index contributed by atoms with van der Waals surface area (Å²) in [6, 6.07) is 2.19. The fourth-order valence-corrected chi connectivity index (χ4v) is 5.11. The zero-order chi connectivity index (χ0) is 28.2. The van der Waals surface area contributed by atoms with Gasteiger partial charge in [-0.2, -0.15) is 8.78 Å². The molecular weight excluding hydrogens is 528 g/mol. The number of thiophene rings is 1. The maximum Gasteiger partial charge on any atom is 0.444 e. The van der Waals surface area contributed by atoms with Crippen LogP contribution in [0.1, 0.15) is 47.4 Å². The van der Waals surface area contributed by atoms with Crippen molar-refractivity contribution < 1.29 is 32.2 Å². The summed E-state index contributed by atoms with van der Waals surface area (Å²) in [5.41, 5.74) is -3.33. The van der Waals surface area contributed by atoms with Crippen LogP contribution < -0.4 is 15.6 Å². The second-order valence-corrected chi connectivity index (χ2v) is 10.2. The maximum atomic E-state index is 15.7. The lowest BCUT2D eigenvalue weighted by molar-refractivity contribution is -0.190. The molecule has 0 bridgehead atoms. The number of hydrogen-bond donors (Lipinski definition) is 3. The molecule has 0 radical (unpaired) electrons. The van der Waals surface area contributed by atoms with Crippen LogP contribution in [0.2, 0.25) is 0 Å². The van der Waals surface area contributed by atoms with Gasteiger partial charge in [-0.25, -0.2) is 13.8 Å². The number of carbonyl (C=O) groups is 1. The average molecular weight is 553 g/mol. The van der Waals surface area contributed by atoms with E-state index < -0.39 is 46.3 Å². The van der Waals surface area contributed by atoms with E-state index in [4.69, 9.17) is 4.74 Å². The van der Waals surface area contributed by atoms with E-state index in [1.165, 1.54) is 40.1 Å². The predicted octanol–water partition coefficient (Wildman–Crippen LogP) is 4.68. The van der Waals surface area contributed by atoms with Gasteiger partial charge in [0.05, 0.1) is 21.6 Å². The molecule has 0 aromatic carbocycles. The average Bonchev–Trinajstić information content (AvgIpc) is 3.39. The quantitative estimate of drug-likeness (QED) is 0.289. The van der Waals surface area contributed by atoms with Crippen molar-refractivity contribution in [3.05, 3.63) is 68.3 Å². The number of alkyl halides is 2. The summed E-state index contributed by atoms with van der Waals surface area (Å²) >= 11 is 0.652. The highest BCUT2D eigenvalue weighted by Gasteiger charge is 2.42. The van der Waals surface area contributed by atoms with Crippen molar-refractivity contribution in [1.29, 1.82) is 0 Å². The SMILES string of the molecule is CCNC(=O)c1cc2c(-c3sc(C(C)(C)O)c(F)c3OC(F)(F)c3ncc(F)cc3C)cn(C)c(=O)c2[nH]1. The second-order valence-electron chi connectivity index (χ2n) is 9.19. The highest BCUT2D eigenvalue weighted by molar-refractivity contribution is 7.16. The molecule has 202 valence electrons. The minimum atomic E-state index is -4.20. The van der Waals surface area contributed by atoms with Crippen molar-refractivity contribution in [3.63, 3.8) is 0 Å². The van der Waals surface area contributed by atoms with E-state index in [1.54, 1.807) is 6.92 Å². The lowest BCUT2D eigenvalue weighted by Gasteiger charge is -2.20. The molecule has 8 nitrogen and oxygen atoms in total. The standard InChI is InChI=1S/C25H24F4N4O4S/c1-6-30-22(34)15-8-13-14(10-33(5)23(35)17(13)32-15)19-18(16(27)21(38-19)24(3,4)36)37-25(28,29)20-11(2)7-12(26)9-31-20/h7-10,32,36H,6H2,1-5H3,(H,30,34). The molecule has 38 heavy (non-hydrogen) atoms. The number of nitrogens with zero attached hydrogens (tertiary/aromatic N) is 2. The second kappa shape index (κ2) is 9.55. The number of halogens is 4. The molecule has 0 spiro atoms. The fraction of sp³-hybridized carbons (Fsp3) is 0.320. The fourth-order valence-electron chi connectivity index (χ4n) is 3.97. The summed E-state index contributed by atoms with van der Waals surface area (Å²) in [5, 5.41) is 13.3. The van der Waals surface area contributed by atoms with Crippen molar-refractivity contribution >= 4 is 28.1 Å². The molecule has 0 aliphatic heterocycles. The molecule has 0 aliphatic rings. The third-order valence-electron chi connectivity index (χ3n) is 5.71. The normalized spacial score (nSPS) is 12.3. The van der Waals surface area contributed by atoms with Crippen LogP contribution in [0.25, 0.3) is 21.3 Å². The Bertz CT molecular complexity index is 1620. The molecule has 0 saturated heterocycles. The molecule has 0 unspecified atom stereocenters. The zero-order valence-corrected chi connectivity index (χ0v) is 21.8. The van der Waals surface area contributed by atoms with Gasteiger partial charge in [0.2, 0.25) is 0 Å². The van der Waals surface area contributed by atoms with Crippen LogP contribution in [-0.4, -0.2) is 32.1 Å². The molecule has 4 rings (SSSR count). The maximum absolute atomic E-state index is 15.7. The van der Waals surface area contributed by atoms with E-state index in [1.807, 2.05) is 0 Å². The van der Waals surface area contributed by atoms with Crippen LogP contribution in [0.15, 0.2) is 29.3 Å². The van der Waals surface area contributed by atoms with Gasteiger partial charge < -0.3 is 24.7 Å². The number of aryl methyl sites for hydroxylation is 2. The number of carbonyl (C=O) groups excluding carboxylic acids is 1. The Morgan fingerprint density at radius 2 is 1.97 bits per heavy atom. The van der Waals surface area contributed by atoms with E-state index in [2.05, 4.69) is 15.3 Å². The van der Waals surface area contributed by atoms with Crippen molar-refractivity contribution in [2.75, 3.05) is 6.54 Å². The number of aromatic nitrogens is 3. The van der Waals surface area contributed by atoms with E-state index >= 15 is 13.2 Å². The Hall–Kier alpha value is -3.71. The summed E-state index contributed by atoms with van der Waals surface area (Å²) in [7, 11) is 1.40. The van der Waals surface area contributed by atoms with Gasteiger partial charge in [-0.1, -0.05) is 0 Å². The number of ether oxygens (including phenoxy) is 1. The molecule has 0 fully saturated rings. The zero-order valence-electron chi connectivity index (χ0n) is 21.0. The number of hydrogen-bond acceptors (Lipinski definition) is 6. The smallest absolute Gasteiger partial charge is 0.423 e. The minimum absolute atomic E-state index is 0.0152. The minimum Gasteiger partial charge on any atom is -0.423 e. The Balaban J connectivity index is 1.98. The van der Waals surface area contributed by atoms with Crippen molar-refractivity contribution in [2.24, 2.45) is 7.05 Å². The van der Waals surface area contributed by atoms with Gasteiger partial charge in [-0.05, 0) is 45.4 Å². The first-order valence-electron chi connectivity index (χ1n) is 11.4. The summed E-state index contributed by atoms with van der Waals surface area (Å²) in [6.07, 6.45) is -2.31. The van der Waals surface area contributed by atoms with Gasteiger partial charge in [0.1, 0.15) is 17.0 Å². The van der Waals surface area contributed by atoms with Crippen molar-refractivity contribution in [3.8, 4) is 16.2 Å². The van der Waals surface area contributed by atoms with Crippen LogP contribution >= 0.6 is 11.3 Å². The van der Waals surface area contributed by atoms with Crippen LogP contribution in [0.5, 0.6) is 5.75 Å². The first-order chi connectivity index (χ1) is 17.7. The third-order valence-corrected chi connectivity index (χ3v) is 7.20. The number of aliphatic hydroxyl groups is 1.